The van der Waals surface area contributed by atoms with Crippen molar-refractivity contribution in [3.63, 3.8) is 0 Å². The maximum atomic E-state index is 13.4. The van der Waals surface area contributed by atoms with E-state index in [0.29, 0.717) is 11.3 Å². The first-order valence-corrected chi connectivity index (χ1v) is 9.67. The molecule has 2 aliphatic heterocycles. The molecule has 122 valence electrons. The quantitative estimate of drug-likeness (QED) is 0.808. The van der Waals surface area contributed by atoms with E-state index >= 15 is 0 Å². The summed E-state index contributed by atoms with van der Waals surface area (Å²) in [5.41, 5.74) is 0.538. The Balaban J connectivity index is 1.35. The van der Waals surface area contributed by atoms with Gasteiger partial charge in [0, 0.05) is 13.1 Å². The zero-order valence-electron chi connectivity index (χ0n) is 13.8. The average molecular weight is 302 g/mol. The van der Waals surface area contributed by atoms with Crippen LogP contribution in [0.4, 0.5) is 0 Å². The van der Waals surface area contributed by atoms with Gasteiger partial charge in [-0.25, -0.2) is 0 Å². The summed E-state index contributed by atoms with van der Waals surface area (Å²) in [7, 11) is 0. The van der Waals surface area contributed by atoms with Crippen molar-refractivity contribution in [2.75, 3.05) is 26.2 Å². The van der Waals surface area contributed by atoms with Crippen LogP contribution in [0.25, 0.3) is 0 Å². The SMILES string of the molecule is O=C(N1CCC2(CCNCC2)C1)C12CC3CC(CC(C3)C1)C2. The molecule has 6 rings (SSSR count). The summed E-state index contributed by atoms with van der Waals surface area (Å²) in [6.45, 7) is 4.41. The van der Waals surface area contributed by atoms with Gasteiger partial charge in [-0.05, 0) is 94.0 Å². The predicted octanol–water partition coefficient (Wildman–Crippen LogP) is 2.80. The molecule has 0 unspecified atom stereocenters. The minimum absolute atomic E-state index is 0.0766. The Morgan fingerprint density at radius 3 is 2.09 bits per heavy atom. The summed E-state index contributed by atoms with van der Waals surface area (Å²) >= 11 is 0. The fourth-order valence-electron chi connectivity index (χ4n) is 7.18. The number of hydrogen-bond donors (Lipinski definition) is 1. The summed E-state index contributed by atoms with van der Waals surface area (Å²) in [5.74, 6) is 3.21. The number of nitrogens with one attached hydrogen (secondary N) is 1. The van der Waals surface area contributed by atoms with Crippen molar-refractivity contribution >= 4 is 5.91 Å². The van der Waals surface area contributed by atoms with Crippen molar-refractivity contribution in [3.05, 3.63) is 0 Å². The number of carbonyl (C=O) groups is 1. The van der Waals surface area contributed by atoms with E-state index in [9.17, 15) is 4.79 Å². The van der Waals surface area contributed by atoms with Gasteiger partial charge in [-0.15, -0.1) is 0 Å². The third kappa shape index (κ3) is 2.00. The first kappa shape index (κ1) is 13.8. The minimum Gasteiger partial charge on any atom is -0.342 e. The molecule has 4 bridgehead atoms. The smallest absolute Gasteiger partial charge is 0.228 e. The van der Waals surface area contributed by atoms with E-state index in [2.05, 4.69) is 10.2 Å². The van der Waals surface area contributed by atoms with Crippen LogP contribution in [0.15, 0.2) is 0 Å². The highest BCUT2D eigenvalue weighted by atomic mass is 16.2. The molecule has 0 aromatic heterocycles. The Bertz CT molecular complexity index is 445. The molecule has 0 atom stereocenters. The lowest BCUT2D eigenvalue weighted by Gasteiger charge is -2.56. The van der Waals surface area contributed by atoms with E-state index in [1.54, 1.807) is 0 Å². The van der Waals surface area contributed by atoms with Crippen LogP contribution in [-0.4, -0.2) is 37.0 Å². The van der Waals surface area contributed by atoms with Gasteiger partial charge in [0.15, 0.2) is 0 Å². The molecule has 2 saturated heterocycles. The Kier molecular flexibility index (Phi) is 2.97. The van der Waals surface area contributed by atoms with Crippen LogP contribution in [0.2, 0.25) is 0 Å². The fraction of sp³-hybridized carbons (Fsp3) is 0.947. The second kappa shape index (κ2) is 4.72. The van der Waals surface area contributed by atoms with E-state index in [1.165, 1.54) is 57.8 Å². The molecule has 1 N–H and O–H groups in total. The van der Waals surface area contributed by atoms with Crippen LogP contribution in [0.1, 0.15) is 57.8 Å². The Morgan fingerprint density at radius 2 is 1.50 bits per heavy atom. The first-order valence-electron chi connectivity index (χ1n) is 9.67. The minimum atomic E-state index is 0.0766. The zero-order valence-corrected chi connectivity index (χ0v) is 13.8. The molecule has 4 aliphatic carbocycles. The molecule has 0 aromatic rings. The first-order chi connectivity index (χ1) is 10.7. The van der Waals surface area contributed by atoms with Gasteiger partial charge in [-0.2, -0.15) is 0 Å². The normalized spacial score (nSPS) is 45.6. The molecule has 0 aromatic carbocycles. The number of rotatable bonds is 1. The maximum Gasteiger partial charge on any atom is 0.228 e. The second-order valence-electron chi connectivity index (χ2n) is 9.42. The van der Waals surface area contributed by atoms with Crippen molar-refractivity contribution in [2.24, 2.45) is 28.6 Å². The summed E-state index contributed by atoms with van der Waals surface area (Å²) in [6.07, 6.45) is 11.8. The van der Waals surface area contributed by atoms with E-state index in [-0.39, 0.29) is 5.41 Å². The largest absolute Gasteiger partial charge is 0.342 e. The summed E-state index contributed by atoms with van der Waals surface area (Å²) in [5, 5.41) is 3.49. The van der Waals surface area contributed by atoms with E-state index in [4.69, 9.17) is 0 Å². The van der Waals surface area contributed by atoms with Gasteiger partial charge in [-0.1, -0.05) is 0 Å². The maximum absolute atomic E-state index is 13.4. The topological polar surface area (TPSA) is 32.3 Å². The molecule has 2 heterocycles. The molecule has 6 aliphatic rings. The van der Waals surface area contributed by atoms with Gasteiger partial charge < -0.3 is 10.2 Å². The molecule has 0 radical (unpaired) electrons. The summed E-state index contributed by atoms with van der Waals surface area (Å²) < 4.78 is 0. The van der Waals surface area contributed by atoms with Crippen LogP contribution in [0.3, 0.4) is 0 Å². The van der Waals surface area contributed by atoms with Gasteiger partial charge >= 0.3 is 0 Å². The molecule has 3 nitrogen and oxygen atoms in total. The van der Waals surface area contributed by atoms with Crippen molar-refractivity contribution in [2.45, 2.75) is 57.8 Å². The molecule has 3 heteroatoms. The molecule has 22 heavy (non-hydrogen) atoms. The van der Waals surface area contributed by atoms with Crippen molar-refractivity contribution in [3.8, 4) is 0 Å². The van der Waals surface area contributed by atoms with Gasteiger partial charge in [0.1, 0.15) is 0 Å². The predicted molar refractivity (Wildman–Crippen MR) is 86.3 cm³/mol. The number of hydrogen-bond acceptors (Lipinski definition) is 2. The third-order valence-electron chi connectivity index (χ3n) is 7.88. The van der Waals surface area contributed by atoms with Gasteiger partial charge in [0.2, 0.25) is 5.91 Å². The second-order valence-corrected chi connectivity index (χ2v) is 9.42. The van der Waals surface area contributed by atoms with Crippen molar-refractivity contribution in [1.82, 2.24) is 10.2 Å². The van der Waals surface area contributed by atoms with Crippen LogP contribution in [0, 0.1) is 28.6 Å². The molecular formula is C19H30N2O. The highest BCUT2D eigenvalue weighted by Crippen LogP contribution is 2.61. The van der Waals surface area contributed by atoms with E-state index < -0.39 is 0 Å². The Morgan fingerprint density at radius 1 is 0.909 bits per heavy atom. The number of piperidine rings is 1. The number of carbonyl (C=O) groups excluding carboxylic acids is 1. The lowest BCUT2D eigenvalue weighted by Crippen LogP contribution is -2.54. The van der Waals surface area contributed by atoms with Crippen molar-refractivity contribution < 1.29 is 4.79 Å². The molecule has 4 saturated carbocycles. The molecule has 1 spiro atoms. The average Bonchev–Trinajstić information content (AvgIpc) is 2.89. The van der Waals surface area contributed by atoms with Gasteiger partial charge in [0.05, 0.1) is 5.41 Å². The van der Waals surface area contributed by atoms with Gasteiger partial charge in [0.25, 0.3) is 0 Å². The lowest BCUT2D eigenvalue weighted by atomic mass is 9.49. The van der Waals surface area contributed by atoms with Gasteiger partial charge in [-0.3, -0.25) is 4.79 Å². The summed E-state index contributed by atoms with van der Waals surface area (Å²) in [4.78, 5) is 15.7. The summed E-state index contributed by atoms with van der Waals surface area (Å²) in [6, 6.07) is 0. The van der Waals surface area contributed by atoms with Crippen LogP contribution < -0.4 is 5.32 Å². The van der Waals surface area contributed by atoms with Crippen molar-refractivity contribution in [1.29, 1.82) is 0 Å². The van der Waals surface area contributed by atoms with Crippen LogP contribution in [0.5, 0.6) is 0 Å². The standard InChI is InChI=1S/C19H30N2O/c22-17(21-6-3-18(13-21)1-4-20-5-2-18)19-10-14-7-15(11-19)9-16(8-14)12-19/h14-16,20H,1-13H2. The highest BCUT2D eigenvalue weighted by molar-refractivity contribution is 5.83. The fourth-order valence-corrected chi connectivity index (χ4v) is 7.18. The number of likely N-dealkylation sites (tertiary alicyclic amines) is 1. The number of amides is 1. The van der Waals surface area contributed by atoms with E-state index in [1.807, 2.05) is 0 Å². The van der Waals surface area contributed by atoms with Crippen LogP contribution in [-0.2, 0) is 4.79 Å². The lowest BCUT2D eigenvalue weighted by molar-refractivity contribution is -0.157. The van der Waals surface area contributed by atoms with Crippen LogP contribution >= 0.6 is 0 Å². The molecule has 6 fully saturated rings. The third-order valence-corrected chi connectivity index (χ3v) is 7.88. The molecular weight excluding hydrogens is 272 g/mol. The Labute approximate surface area is 134 Å². The number of nitrogens with zero attached hydrogens (tertiary/aromatic N) is 1. The Hall–Kier alpha value is -0.570. The monoisotopic (exact) mass is 302 g/mol. The molecule has 1 amide bonds. The van der Waals surface area contributed by atoms with E-state index in [0.717, 1.165) is 43.9 Å². The highest BCUT2D eigenvalue weighted by Gasteiger charge is 2.56. The zero-order chi connectivity index (χ0) is 14.8.